The summed E-state index contributed by atoms with van der Waals surface area (Å²) in [7, 11) is -1.85. The average molecular weight is 285 g/mol. The largest absolute Gasteiger partial charge is 0.430 e. The molecular weight excluding hydrogens is 263 g/mol. The van der Waals surface area contributed by atoms with Gasteiger partial charge in [-0.3, -0.25) is 0 Å². The summed E-state index contributed by atoms with van der Waals surface area (Å²) in [5.74, 6) is 0. The van der Waals surface area contributed by atoms with Crippen LogP contribution in [0.1, 0.15) is 59.8 Å². The van der Waals surface area contributed by atoms with Gasteiger partial charge in [0.15, 0.2) is 0 Å². The van der Waals surface area contributed by atoms with Crippen molar-refractivity contribution in [1.82, 2.24) is 0 Å². The molecule has 0 aliphatic heterocycles. The normalized spacial score (nSPS) is 15.8. The fourth-order valence-corrected chi connectivity index (χ4v) is 1.86. The number of alkyl halides is 3. The average Bonchev–Trinajstić information content (AvgIpc) is 2.19. The quantitative estimate of drug-likeness (QED) is 0.524. The number of nitrogens with zero attached hydrogens (tertiary/aromatic N) is 1. The lowest BCUT2D eigenvalue weighted by Crippen LogP contribution is -2.27. The van der Waals surface area contributed by atoms with E-state index in [1.807, 2.05) is 6.92 Å². The Morgan fingerprint density at radius 2 is 1.67 bits per heavy atom. The number of hydrogen-bond donors (Lipinski definition) is 0. The van der Waals surface area contributed by atoms with E-state index < -0.39 is 27.6 Å². The third-order valence-electron chi connectivity index (χ3n) is 2.31. The molecule has 0 N–H and O–H groups in total. The molecule has 0 aliphatic rings. The van der Waals surface area contributed by atoms with E-state index in [0.717, 1.165) is 19.3 Å². The van der Waals surface area contributed by atoms with Crippen LogP contribution in [0, 0.1) is 0 Å². The number of unbranched alkanes of at least 4 members (excludes halogenated alkanes) is 3. The first kappa shape index (κ1) is 17.6. The number of halogens is 3. The van der Waals surface area contributed by atoms with Gasteiger partial charge in [-0.25, -0.2) is 4.21 Å². The minimum atomic E-state index is -4.48. The van der Waals surface area contributed by atoms with Crippen LogP contribution in [0.5, 0.6) is 0 Å². The van der Waals surface area contributed by atoms with Crippen molar-refractivity contribution in [2.45, 2.75) is 70.7 Å². The Kier molecular flexibility index (Phi) is 7.10. The molecule has 0 saturated heterocycles. The van der Waals surface area contributed by atoms with Crippen molar-refractivity contribution in [3.8, 4) is 0 Å². The molecule has 1 atom stereocenters. The number of rotatable bonds is 6. The van der Waals surface area contributed by atoms with Crippen molar-refractivity contribution in [2.75, 3.05) is 0 Å². The van der Waals surface area contributed by atoms with Crippen LogP contribution in [0.2, 0.25) is 0 Å². The molecule has 0 saturated carbocycles. The molecule has 0 aromatic heterocycles. The van der Waals surface area contributed by atoms with Crippen molar-refractivity contribution < 1.29 is 17.4 Å². The summed E-state index contributed by atoms with van der Waals surface area (Å²) in [6.45, 7) is 6.82. The van der Waals surface area contributed by atoms with Gasteiger partial charge in [-0.2, -0.15) is 17.6 Å². The molecule has 0 unspecified atom stereocenters. The second kappa shape index (κ2) is 7.26. The molecule has 108 valence electrons. The van der Waals surface area contributed by atoms with E-state index in [1.54, 1.807) is 20.8 Å². The molecule has 6 heteroatoms. The zero-order valence-corrected chi connectivity index (χ0v) is 12.2. The van der Waals surface area contributed by atoms with Gasteiger partial charge in [-0.1, -0.05) is 26.2 Å². The maximum Gasteiger partial charge on any atom is 0.430 e. The van der Waals surface area contributed by atoms with Gasteiger partial charge in [0, 0.05) is 0 Å². The lowest BCUT2D eigenvalue weighted by Gasteiger charge is -2.16. The Morgan fingerprint density at radius 3 is 2.06 bits per heavy atom. The van der Waals surface area contributed by atoms with E-state index in [0.29, 0.717) is 6.42 Å². The molecule has 0 rings (SSSR count). The van der Waals surface area contributed by atoms with Crippen LogP contribution in [-0.2, 0) is 11.0 Å². The molecule has 0 aromatic rings. The lowest BCUT2D eigenvalue weighted by molar-refractivity contribution is -0.0603. The van der Waals surface area contributed by atoms with Gasteiger partial charge in [0.2, 0.25) is 0 Å². The summed E-state index contributed by atoms with van der Waals surface area (Å²) in [6, 6.07) is 0. The Morgan fingerprint density at radius 1 is 1.11 bits per heavy atom. The molecule has 0 fully saturated rings. The summed E-state index contributed by atoms with van der Waals surface area (Å²) >= 11 is 0. The van der Waals surface area contributed by atoms with Gasteiger partial charge < -0.3 is 0 Å². The minimum Gasteiger partial charge on any atom is -0.234 e. The highest BCUT2D eigenvalue weighted by Crippen LogP contribution is 2.24. The van der Waals surface area contributed by atoms with Gasteiger partial charge >= 0.3 is 6.18 Å². The van der Waals surface area contributed by atoms with Crippen molar-refractivity contribution in [2.24, 2.45) is 4.40 Å². The van der Waals surface area contributed by atoms with Crippen molar-refractivity contribution in [1.29, 1.82) is 0 Å². The van der Waals surface area contributed by atoms with E-state index >= 15 is 0 Å². The Bertz CT molecular complexity index is 305. The van der Waals surface area contributed by atoms with Gasteiger partial charge in [0.1, 0.15) is 16.7 Å². The van der Waals surface area contributed by atoms with Gasteiger partial charge in [-0.05, 0) is 33.6 Å². The maximum absolute atomic E-state index is 12.7. The molecule has 0 amide bonds. The van der Waals surface area contributed by atoms with Crippen LogP contribution in [0.25, 0.3) is 0 Å². The van der Waals surface area contributed by atoms with Gasteiger partial charge in [0.05, 0.1) is 4.75 Å². The fourth-order valence-electron chi connectivity index (χ4n) is 1.20. The highest BCUT2D eigenvalue weighted by Gasteiger charge is 2.36. The first-order valence-electron chi connectivity index (χ1n) is 6.15. The topological polar surface area (TPSA) is 29.4 Å². The van der Waals surface area contributed by atoms with Crippen molar-refractivity contribution >= 4 is 16.7 Å². The maximum atomic E-state index is 12.7. The summed E-state index contributed by atoms with van der Waals surface area (Å²) in [5.41, 5.74) is -0.896. The second-order valence-electron chi connectivity index (χ2n) is 5.21. The molecule has 18 heavy (non-hydrogen) atoms. The monoisotopic (exact) mass is 285 g/mol. The van der Waals surface area contributed by atoms with E-state index in [2.05, 4.69) is 4.40 Å². The second-order valence-corrected chi connectivity index (χ2v) is 7.11. The summed E-state index contributed by atoms with van der Waals surface area (Å²) in [4.78, 5) is 0. The SMILES string of the molecule is CCCCCC/C(=N\[S@](=O)C(C)(C)C)C(F)(F)F. The lowest BCUT2D eigenvalue weighted by atomic mass is 10.1. The minimum absolute atomic E-state index is 0.147. The molecule has 0 bridgehead atoms. The highest BCUT2D eigenvalue weighted by molar-refractivity contribution is 7.85. The first-order chi connectivity index (χ1) is 8.09. The molecule has 0 heterocycles. The Balaban J connectivity index is 4.70. The number of hydrogen-bond acceptors (Lipinski definition) is 1. The van der Waals surface area contributed by atoms with E-state index in [4.69, 9.17) is 0 Å². The third-order valence-corrected chi connectivity index (χ3v) is 3.75. The molecule has 0 aliphatic carbocycles. The van der Waals surface area contributed by atoms with E-state index in [1.165, 1.54) is 0 Å². The van der Waals surface area contributed by atoms with E-state index in [9.17, 15) is 17.4 Å². The van der Waals surface area contributed by atoms with Crippen LogP contribution in [0.15, 0.2) is 4.40 Å². The third kappa shape index (κ3) is 7.13. The molecule has 2 nitrogen and oxygen atoms in total. The van der Waals surface area contributed by atoms with Gasteiger partial charge in [0.25, 0.3) is 0 Å². The molecule has 0 spiro atoms. The van der Waals surface area contributed by atoms with Crippen LogP contribution >= 0.6 is 0 Å². The zero-order valence-electron chi connectivity index (χ0n) is 11.4. The summed E-state index contributed by atoms with van der Waals surface area (Å²) in [5, 5.41) is 0. The summed E-state index contributed by atoms with van der Waals surface area (Å²) < 4.78 is 52.4. The van der Waals surface area contributed by atoms with Crippen LogP contribution in [0.3, 0.4) is 0 Å². The fraction of sp³-hybridized carbons (Fsp3) is 0.917. The Labute approximate surface area is 110 Å². The van der Waals surface area contributed by atoms with Crippen LogP contribution in [0.4, 0.5) is 13.2 Å². The zero-order chi connectivity index (χ0) is 14.4. The van der Waals surface area contributed by atoms with E-state index in [-0.39, 0.29) is 6.42 Å². The first-order valence-corrected chi connectivity index (χ1v) is 7.26. The summed E-state index contributed by atoms with van der Waals surface area (Å²) in [6.07, 6.45) is -1.57. The van der Waals surface area contributed by atoms with Crippen molar-refractivity contribution in [3.05, 3.63) is 0 Å². The van der Waals surface area contributed by atoms with Crippen LogP contribution < -0.4 is 0 Å². The Hall–Kier alpha value is -0.390. The smallest absolute Gasteiger partial charge is 0.234 e. The van der Waals surface area contributed by atoms with Gasteiger partial charge in [-0.15, -0.1) is 0 Å². The predicted molar refractivity (Wildman–Crippen MR) is 70.1 cm³/mol. The standard InChI is InChI=1S/C12H22F3NOS/c1-5-6-7-8-9-10(12(13,14)15)16-18(17)11(2,3)4/h5-9H2,1-4H3/b16-10+/t18-/m1/s1. The molecule has 0 aromatic carbocycles. The molecule has 0 radical (unpaired) electrons. The molecular formula is C12H22F3NOS. The van der Waals surface area contributed by atoms with Crippen LogP contribution in [-0.4, -0.2) is 20.8 Å². The predicted octanol–water partition coefficient (Wildman–Crippen LogP) is 4.42. The van der Waals surface area contributed by atoms with Crippen molar-refractivity contribution in [3.63, 3.8) is 0 Å². The highest BCUT2D eigenvalue weighted by atomic mass is 32.2.